The molecule has 0 saturated heterocycles. The van der Waals surface area contributed by atoms with Gasteiger partial charge in [-0.3, -0.25) is 14.4 Å². The zero-order valence-corrected chi connectivity index (χ0v) is 31.8. The van der Waals surface area contributed by atoms with Crippen LogP contribution in [0.25, 0.3) is 16.7 Å². The molecule has 0 N–H and O–H groups in total. The number of fused-ring (bicyclic) bond motifs is 3. The van der Waals surface area contributed by atoms with Gasteiger partial charge in [-0.05, 0) is 114 Å². The quantitative estimate of drug-likeness (QED) is 0.156. The topological polar surface area (TPSA) is 107 Å². The molecular formula is C45H42O9. The van der Waals surface area contributed by atoms with Crippen molar-refractivity contribution in [2.75, 3.05) is 21.3 Å². The van der Waals surface area contributed by atoms with E-state index in [1.807, 2.05) is 41.5 Å². The number of ether oxygens (including phenoxy) is 6. The minimum atomic E-state index is -0.844. The SMILES string of the molecule is COc1ccc2c(c1)OC(C)(C)C=C2C(=O)c1cc(C(=O)C2=CC(C)(C)Oc3cc(OC)ccc32)cc(C(=O)C2=CC(C)(C)Oc3cc(OC)ccc32)c1. The molecule has 0 radical (unpaired) electrons. The smallest absolute Gasteiger partial charge is 0.193 e. The highest BCUT2D eigenvalue weighted by Gasteiger charge is 2.35. The molecule has 0 aliphatic carbocycles. The summed E-state index contributed by atoms with van der Waals surface area (Å²) < 4.78 is 35.0. The minimum absolute atomic E-state index is 0.165. The van der Waals surface area contributed by atoms with Gasteiger partial charge in [0.2, 0.25) is 0 Å². The zero-order valence-electron chi connectivity index (χ0n) is 31.8. The maximum absolute atomic E-state index is 14.8. The molecule has 276 valence electrons. The van der Waals surface area contributed by atoms with Crippen LogP contribution in [0.15, 0.2) is 91.0 Å². The minimum Gasteiger partial charge on any atom is -0.497 e. The largest absolute Gasteiger partial charge is 0.497 e. The Kier molecular flexibility index (Phi) is 8.79. The Morgan fingerprint density at radius 3 is 0.926 bits per heavy atom. The van der Waals surface area contributed by atoms with Crippen molar-refractivity contribution in [3.8, 4) is 34.5 Å². The summed E-state index contributed by atoms with van der Waals surface area (Å²) in [5, 5.41) is 0. The monoisotopic (exact) mass is 726 g/mol. The molecule has 3 heterocycles. The van der Waals surface area contributed by atoms with Crippen LogP contribution < -0.4 is 28.4 Å². The van der Waals surface area contributed by atoms with Crippen LogP contribution in [0, 0.1) is 0 Å². The lowest BCUT2D eigenvalue weighted by atomic mass is 9.84. The van der Waals surface area contributed by atoms with Gasteiger partial charge in [0.15, 0.2) is 17.3 Å². The zero-order chi connectivity index (χ0) is 38.7. The molecule has 3 aliphatic heterocycles. The molecule has 4 aromatic carbocycles. The van der Waals surface area contributed by atoms with Crippen LogP contribution in [0.2, 0.25) is 0 Å². The Balaban J connectivity index is 1.40. The number of allylic oxidation sites excluding steroid dienone is 3. The second kappa shape index (κ2) is 13.1. The third-order valence-electron chi connectivity index (χ3n) is 9.49. The summed E-state index contributed by atoms with van der Waals surface area (Å²) in [5.41, 5.74) is 0.791. The lowest BCUT2D eigenvalue weighted by Crippen LogP contribution is -2.31. The maximum atomic E-state index is 14.8. The molecule has 0 fully saturated rings. The normalized spacial score (nSPS) is 16.9. The first-order valence-corrected chi connectivity index (χ1v) is 17.6. The highest BCUT2D eigenvalue weighted by molar-refractivity contribution is 6.35. The highest BCUT2D eigenvalue weighted by atomic mass is 16.5. The summed E-state index contributed by atoms with van der Waals surface area (Å²) in [6.07, 6.45) is 5.29. The van der Waals surface area contributed by atoms with Crippen LogP contribution in [0.4, 0.5) is 0 Å². The molecule has 7 rings (SSSR count). The molecule has 54 heavy (non-hydrogen) atoms. The maximum Gasteiger partial charge on any atom is 0.193 e. The molecule has 9 nitrogen and oxygen atoms in total. The van der Waals surface area contributed by atoms with E-state index in [2.05, 4.69) is 0 Å². The summed E-state index contributed by atoms with van der Waals surface area (Å²) in [5.74, 6) is 2.06. The van der Waals surface area contributed by atoms with E-state index >= 15 is 0 Å². The lowest BCUT2D eigenvalue weighted by molar-refractivity contribution is 0.104. The lowest BCUT2D eigenvalue weighted by Gasteiger charge is -2.31. The molecule has 0 aromatic heterocycles. The number of carbonyl (C=O) groups excluding carboxylic acids is 3. The van der Waals surface area contributed by atoms with E-state index in [9.17, 15) is 14.4 Å². The molecule has 4 aromatic rings. The van der Waals surface area contributed by atoms with Crippen molar-refractivity contribution in [3.63, 3.8) is 0 Å². The van der Waals surface area contributed by atoms with Gasteiger partial charge < -0.3 is 28.4 Å². The Labute approximate surface area is 314 Å². The van der Waals surface area contributed by atoms with Gasteiger partial charge in [-0.25, -0.2) is 0 Å². The van der Waals surface area contributed by atoms with Crippen molar-refractivity contribution < 1.29 is 42.8 Å². The molecular weight excluding hydrogens is 684 g/mol. The van der Waals surface area contributed by atoms with Gasteiger partial charge in [0.1, 0.15) is 51.3 Å². The predicted molar refractivity (Wildman–Crippen MR) is 206 cm³/mol. The molecule has 9 heteroatoms. The van der Waals surface area contributed by atoms with Gasteiger partial charge in [0.05, 0.1) is 21.3 Å². The summed E-state index contributed by atoms with van der Waals surface area (Å²) in [6.45, 7) is 11.1. The van der Waals surface area contributed by atoms with E-state index in [0.29, 0.717) is 67.9 Å². The first-order valence-electron chi connectivity index (χ1n) is 17.6. The van der Waals surface area contributed by atoms with E-state index < -0.39 is 16.8 Å². The fraction of sp³-hybridized carbons (Fsp3) is 0.267. The first-order chi connectivity index (χ1) is 25.5. The number of hydrogen-bond acceptors (Lipinski definition) is 9. The summed E-state index contributed by atoms with van der Waals surface area (Å²) in [7, 11) is 4.69. The standard InChI is InChI=1S/C45H42O9/c1-43(2)22-34(31-13-10-28(49-7)19-37(31)52-43)40(46)25-16-26(41(47)35-23-44(3,4)53-38-20-29(50-8)11-14-32(35)38)18-27(17-25)42(48)36-24-45(5,6)54-39-21-30(51-9)12-15-33(36)39/h10-24H,1-9H3. The van der Waals surface area contributed by atoms with Crippen molar-refractivity contribution in [1.29, 1.82) is 0 Å². The number of Topliss-reactive ketones (excluding diaryl/α,β-unsaturated/α-hetero) is 3. The van der Waals surface area contributed by atoms with Gasteiger partial charge in [-0.15, -0.1) is 0 Å². The van der Waals surface area contributed by atoms with Gasteiger partial charge in [-0.1, -0.05) is 0 Å². The molecule has 0 bridgehead atoms. The summed E-state index contributed by atoms with van der Waals surface area (Å²) in [6, 6.07) is 20.5. The molecule has 0 amide bonds. The van der Waals surface area contributed by atoms with Crippen LogP contribution >= 0.6 is 0 Å². The number of hydrogen-bond donors (Lipinski definition) is 0. The third kappa shape index (κ3) is 6.77. The van der Waals surface area contributed by atoms with Crippen LogP contribution in [-0.2, 0) is 0 Å². The van der Waals surface area contributed by atoms with Crippen LogP contribution in [0.1, 0.15) is 89.3 Å². The van der Waals surface area contributed by atoms with E-state index in [0.717, 1.165) is 0 Å². The van der Waals surface area contributed by atoms with E-state index in [1.54, 1.807) is 112 Å². The second-order valence-corrected chi connectivity index (χ2v) is 15.2. The van der Waals surface area contributed by atoms with Crippen LogP contribution in [-0.4, -0.2) is 55.5 Å². The van der Waals surface area contributed by atoms with Gasteiger partial charge in [0, 0.05) is 68.3 Å². The highest BCUT2D eigenvalue weighted by Crippen LogP contribution is 2.43. The Hall–Kier alpha value is -6.09. The van der Waals surface area contributed by atoms with Crippen molar-refractivity contribution in [1.82, 2.24) is 0 Å². The number of rotatable bonds is 9. The average Bonchev–Trinajstić information content (AvgIpc) is 3.13. The van der Waals surface area contributed by atoms with E-state index in [4.69, 9.17) is 28.4 Å². The van der Waals surface area contributed by atoms with Crippen molar-refractivity contribution in [2.45, 2.75) is 58.3 Å². The average molecular weight is 727 g/mol. The van der Waals surface area contributed by atoms with Crippen LogP contribution in [0.3, 0.4) is 0 Å². The second-order valence-electron chi connectivity index (χ2n) is 15.2. The fourth-order valence-electron chi connectivity index (χ4n) is 7.08. The Bertz CT molecular complexity index is 2080. The number of benzene rings is 4. The predicted octanol–water partition coefficient (Wildman–Crippen LogP) is 9.02. The summed E-state index contributed by atoms with van der Waals surface area (Å²) >= 11 is 0. The molecule has 0 unspecified atom stereocenters. The van der Waals surface area contributed by atoms with Crippen molar-refractivity contribution in [3.05, 3.63) is 124 Å². The fourth-order valence-corrected chi connectivity index (χ4v) is 7.08. The van der Waals surface area contributed by atoms with E-state index in [1.165, 1.54) is 0 Å². The van der Waals surface area contributed by atoms with Gasteiger partial charge in [-0.2, -0.15) is 0 Å². The molecule has 0 spiro atoms. The number of carbonyl (C=O) groups is 3. The molecule has 0 saturated carbocycles. The molecule has 0 atom stereocenters. The van der Waals surface area contributed by atoms with Gasteiger partial charge in [0.25, 0.3) is 0 Å². The van der Waals surface area contributed by atoms with Crippen molar-refractivity contribution >= 4 is 34.1 Å². The Morgan fingerprint density at radius 1 is 0.426 bits per heavy atom. The third-order valence-corrected chi connectivity index (χ3v) is 9.49. The Morgan fingerprint density at radius 2 is 0.685 bits per heavy atom. The molecule has 3 aliphatic rings. The number of ketones is 3. The van der Waals surface area contributed by atoms with Gasteiger partial charge >= 0.3 is 0 Å². The number of methoxy groups -OCH3 is 3. The van der Waals surface area contributed by atoms with Crippen LogP contribution in [0.5, 0.6) is 34.5 Å². The van der Waals surface area contributed by atoms with E-state index in [-0.39, 0.29) is 34.0 Å². The summed E-state index contributed by atoms with van der Waals surface area (Å²) in [4.78, 5) is 44.3. The van der Waals surface area contributed by atoms with Crippen molar-refractivity contribution in [2.24, 2.45) is 0 Å². The first kappa shape index (κ1) is 36.3.